The Morgan fingerprint density at radius 2 is 1.80 bits per heavy atom. The molecule has 30 heavy (non-hydrogen) atoms. The quantitative estimate of drug-likeness (QED) is 0.654. The summed E-state index contributed by atoms with van der Waals surface area (Å²) in [4.78, 5) is 19.7. The lowest BCUT2D eigenvalue weighted by Crippen LogP contribution is -2.33. The maximum Gasteiger partial charge on any atom is 0.220 e. The highest BCUT2D eigenvalue weighted by Crippen LogP contribution is 2.28. The fraction of sp³-hybridized carbons (Fsp3) is 0.458. The van der Waals surface area contributed by atoms with Gasteiger partial charge in [0.05, 0.1) is 11.4 Å². The van der Waals surface area contributed by atoms with Crippen molar-refractivity contribution in [1.82, 2.24) is 25.0 Å². The molecular formula is C24H31N5O. The predicted molar refractivity (Wildman–Crippen MR) is 120 cm³/mol. The van der Waals surface area contributed by atoms with Crippen LogP contribution in [-0.2, 0) is 11.2 Å². The fourth-order valence-electron chi connectivity index (χ4n) is 4.51. The number of fused-ring (bicyclic) bond motifs is 1. The van der Waals surface area contributed by atoms with Crippen molar-refractivity contribution in [3.63, 3.8) is 0 Å². The summed E-state index contributed by atoms with van der Waals surface area (Å²) in [6.07, 6.45) is 3.75. The molecule has 2 aromatic heterocycles. The highest BCUT2D eigenvalue weighted by molar-refractivity contribution is 5.85. The second-order valence-corrected chi connectivity index (χ2v) is 8.23. The molecule has 3 heterocycles. The SMILES string of the molecule is Cc1nc2c(c(C)nn2-c2ccccc2)c(C)c1CCC(=O)NCCN1CCCC1. The van der Waals surface area contributed by atoms with Gasteiger partial charge in [0.15, 0.2) is 5.65 Å². The van der Waals surface area contributed by atoms with Crippen LogP contribution >= 0.6 is 0 Å². The Morgan fingerprint density at radius 1 is 1.07 bits per heavy atom. The summed E-state index contributed by atoms with van der Waals surface area (Å²) in [5, 5.41) is 8.91. The van der Waals surface area contributed by atoms with Crippen molar-refractivity contribution in [3.05, 3.63) is 52.8 Å². The molecule has 0 radical (unpaired) electrons. The van der Waals surface area contributed by atoms with Gasteiger partial charge in [0, 0.05) is 30.6 Å². The number of para-hydroxylation sites is 1. The van der Waals surface area contributed by atoms with Gasteiger partial charge >= 0.3 is 0 Å². The lowest BCUT2D eigenvalue weighted by molar-refractivity contribution is -0.121. The maximum absolute atomic E-state index is 12.4. The second kappa shape index (κ2) is 8.96. The van der Waals surface area contributed by atoms with E-state index in [4.69, 9.17) is 10.1 Å². The highest BCUT2D eigenvalue weighted by atomic mass is 16.1. The van der Waals surface area contributed by atoms with E-state index < -0.39 is 0 Å². The first kappa shape index (κ1) is 20.5. The van der Waals surface area contributed by atoms with Gasteiger partial charge in [-0.25, -0.2) is 9.67 Å². The van der Waals surface area contributed by atoms with Crippen LogP contribution in [0.4, 0.5) is 0 Å². The minimum Gasteiger partial charge on any atom is -0.355 e. The first-order chi connectivity index (χ1) is 14.5. The van der Waals surface area contributed by atoms with Gasteiger partial charge in [-0.15, -0.1) is 0 Å². The van der Waals surface area contributed by atoms with E-state index in [0.29, 0.717) is 12.8 Å². The van der Waals surface area contributed by atoms with E-state index >= 15 is 0 Å². The molecule has 1 N–H and O–H groups in total. The van der Waals surface area contributed by atoms with Gasteiger partial charge in [0.2, 0.25) is 5.91 Å². The highest BCUT2D eigenvalue weighted by Gasteiger charge is 2.18. The Kier molecular flexibility index (Phi) is 6.13. The average molecular weight is 406 g/mol. The Hall–Kier alpha value is -2.73. The van der Waals surface area contributed by atoms with Gasteiger partial charge in [0.25, 0.3) is 0 Å². The molecule has 0 atom stereocenters. The molecule has 1 fully saturated rings. The van der Waals surface area contributed by atoms with Crippen molar-refractivity contribution >= 4 is 16.9 Å². The molecular weight excluding hydrogens is 374 g/mol. The van der Waals surface area contributed by atoms with Gasteiger partial charge < -0.3 is 10.2 Å². The molecule has 0 spiro atoms. The minimum absolute atomic E-state index is 0.116. The van der Waals surface area contributed by atoms with Crippen LogP contribution in [0.15, 0.2) is 30.3 Å². The molecule has 1 amide bonds. The first-order valence-corrected chi connectivity index (χ1v) is 10.9. The van der Waals surface area contributed by atoms with Gasteiger partial charge in [-0.05, 0) is 76.4 Å². The number of carbonyl (C=O) groups excluding carboxylic acids is 1. The van der Waals surface area contributed by atoms with Crippen molar-refractivity contribution in [2.45, 2.75) is 46.5 Å². The van der Waals surface area contributed by atoms with Crippen LogP contribution in [-0.4, -0.2) is 51.8 Å². The van der Waals surface area contributed by atoms with Crippen LogP contribution in [0.2, 0.25) is 0 Å². The van der Waals surface area contributed by atoms with Crippen molar-refractivity contribution < 1.29 is 4.79 Å². The minimum atomic E-state index is 0.116. The maximum atomic E-state index is 12.4. The summed E-state index contributed by atoms with van der Waals surface area (Å²) in [7, 11) is 0. The summed E-state index contributed by atoms with van der Waals surface area (Å²) < 4.78 is 1.92. The van der Waals surface area contributed by atoms with E-state index in [1.54, 1.807) is 0 Å². The molecule has 1 saturated heterocycles. The molecule has 6 heteroatoms. The normalized spacial score (nSPS) is 14.5. The topological polar surface area (TPSA) is 63.1 Å². The third kappa shape index (κ3) is 4.24. The van der Waals surface area contributed by atoms with Crippen LogP contribution in [0, 0.1) is 20.8 Å². The Bertz CT molecular complexity index is 1030. The lowest BCUT2D eigenvalue weighted by Gasteiger charge is -2.15. The van der Waals surface area contributed by atoms with E-state index in [-0.39, 0.29) is 5.91 Å². The van der Waals surface area contributed by atoms with Crippen molar-refractivity contribution in [2.75, 3.05) is 26.2 Å². The zero-order chi connectivity index (χ0) is 21.1. The lowest BCUT2D eigenvalue weighted by atomic mass is 9.99. The molecule has 158 valence electrons. The summed E-state index contributed by atoms with van der Waals surface area (Å²) in [6, 6.07) is 10.1. The first-order valence-electron chi connectivity index (χ1n) is 10.9. The zero-order valence-corrected chi connectivity index (χ0v) is 18.2. The summed E-state index contributed by atoms with van der Waals surface area (Å²) in [5.41, 5.74) is 6.17. The average Bonchev–Trinajstić information content (AvgIpc) is 3.36. The number of carbonyl (C=O) groups is 1. The number of likely N-dealkylation sites (tertiary alicyclic amines) is 1. The number of benzene rings is 1. The summed E-state index contributed by atoms with van der Waals surface area (Å²) in [5.74, 6) is 0.116. The third-order valence-corrected chi connectivity index (χ3v) is 6.13. The molecule has 4 rings (SSSR count). The van der Waals surface area contributed by atoms with E-state index in [1.165, 1.54) is 18.4 Å². The molecule has 0 saturated carbocycles. The number of nitrogens with zero attached hydrogens (tertiary/aromatic N) is 4. The van der Waals surface area contributed by atoms with Crippen LogP contribution in [0.3, 0.4) is 0 Å². The smallest absolute Gasteiger partial charge is 0.220 e. The van der Waals surface area contributed by atoms with Gasteiger partial charge in [-0.1, -0.05) is 18.2 Å². The van der Waals surface area contributed by atoms with E-state index in [1.807, 2.05) is 48.9 Å². The number of rotatable bonds is 7. The van der Waals surface area contributed by atoms with Crippen LogP contribution < -0.4 is 5.32 Å². The molecule has 1 aliphatic rings. The number of hydrogen-bond acceptors (Lipinski definition) is 4. The van der Waals surface area contributed by atoms with Crippen LogP contribution in [0.5, 0.6) is 0 Å². The zero-order valence-electron chi connectivity index (χ0n) is 18.2. The molecule has 1 aromatic carbocycles. The predicted octanol–water partition coefficient (Wildman–Crippen LogP) is 3.49. The van der Waals surface area contributed by atoms with Gasteiger partial charge in [-0.3, -0.25) is 4.79 Å². The van der Waals surface area contributed by atoms with E-state index in [9.17, 15) is 4.79 Å². The van der Waals surface area contributed by atoms with Gasteiger partial charge in [-0.2, -0.15) is 5.10 Å². The fourth-order valence-corrected chi connectivity index (χ4v) is 4.51. The Balaban J connectivity index is 1.48. The largest absolute Gasteiger partial charge is 0.355 e. The summed E-state index contributed by atoms with van der Waals surface area (Å²) >= 11 is 0. The van der Waals surface area contributed by atoms with Crippen LogP contribution in [0.25, 0.3) is 16.7 Å². The van der Waals surface area contributed by atoms with E-state index in [2.05, 4.69) is 17.1 Å². The van der Waals surface area contributed by atoms with Crippen LogP contribution in [0.1, 0.15) is 41.8 Å². The van der Waals surface area contributed by atoms with Crippen molar-refractivity contribution in [3.8, 4) is 5.69 Å². The van der Waals surface area contributed by atoms with Crippen molar-refractivity contribution in [2.24, 2.45) is 0 Å². The number of amides is 1. The molecule has 6 nitrogen and oxygen atoms in total. The second-order valence-electron chi connectivity index (χ2n) is 8.23. The standard InChI is InChI=1S/C24H31N5O/c1-17-21(11-12-22(30)25-13-16-28-14-7-8-15-28)18(2)26-24-23(17)19(3)27-29(24)20-9-5-4-6-10-20/h4-6,9-10H,7-8,11-16H2,1-3H3,(H,25,30). The third-order valence-electron chi connectivity index (χ3n) is 6.13. The number of pyridine rings is 1. The number of nitrogens with one attached hydrogen (secondary N) is 1. The molecule has 3 aromatic rings. The monoisotopic (exact) mass is 405 g/mol. The number of hydrogen-bond donors (Lipinski definition) is 1. The number of aromatic nitrogens is 3. The molecule has 0 bridgehead atoms. The molecule has 0 unspecified atom stereocenters. The Labute approximate surface area is 178 Å². The molecule has 1 aliphatic heterocycles. The Morgan fingerprint density at radius 3 is 2.53 bits per heavy atom. The molecule has 0 aliphatic carbocycles. The number of aryl methyl sites for hydroxylation is 3. The van der Waals surface area contributed by atoms with Gasteiger partial charge in [0.1, 0.15) is 0 Å². The van der Waals surface area contributed by atoms with Crippen molar-refractivity contribution in [1.29, 1.82) is 0 Å². The summed E-state index contributed by atoms with van der Waals surface area (Å²) in [6.45, 7) is 10.2. The van der Waals surface area contributed by atoms with E-state index in [0.717, 1.165) is 59.9 Å².